The van der Waals surface area contributed by atoms with Crippen LogP contribution in [0.25, 0.3) is 0 Å². The largest absolute Gasteiger partial charge is 0.347 e. The lowest BCUT2D eigenvalue weighted by atomic mass is 9.96. The molecule has 0 spiro atoms. The fraction of sp³-hybridized carbons (Fsp3) is 0.375. The van der Waals surface area contributed by atoms with Crippen LogP contribution in [0, 0.1) is 12.8 Å². The molecule has 1 N–H and O–H groups in total. The van der Waals surface area contributed by atoms with Crippen molar-refractivity contribution in [1.82, 2.24) is 9.88 Å². The van der Waals surface area contributed by atoms with Gasteiger partial charge in [0.1, 0.15) is 6.54 Å². The van der Waals surface area contributed by atoms with Gasteiger partial charge in [-0.25, -0.2) is 0 Å². The standard InChI is InChI=1S/C16H20N2O2S/c1-11(2)15(13-7-5-4-6-8-13)17-14(19)9-18-12(3)10-21-16(18)20/h4-8,10-11,15H,9H2,1-3H3,(H,17,19). The zero-order valence-corrected chi connectivity index (χ0v) is 13.3. The van der Waals surface area contributed by atoms with Gasteiger partial charge in [-0.05, 0) is 18.4 Å². The molecule has 1 unspecified atom stereocenters. The molecule has 0 fully saturated rings. The third kappa shape index (κ3) is 3.82. The third-order valence-electron chi connectivity index (χ3n) is 3.42. The quantitative estimate of drug-likeness (QED) is 0.923. The zero-order valence-electron chi connectivity index (χ0n) is 12.5. The van der Waals surface area contributed by atoms with E-state index in [1.165, 1.54) is 4.57 Å². The Bertz CT molecular complexity index is 658. The Balaban J connectivity index is 2.11. The Kier molecular flexibility index (Phi) is 4.96. The minimum absolute atomic E-state index is 0.0478. The van der Waals surface area contributed by atoms with E-state index in [4.69, 9.17) is 0 Å². The summed E-state index contributed by atoms with van der Waals surface area (Å²) in [4.78, 5) is 23.8. The Morgan fingerprint density at radius 1 is 1.29 bits per heavy atom. The van der Waals surface area contributed by atoms with Crippen molar-refractivity contribution < 1.29 is 4.79 Å². The van der Waals surface area contributed by atoms with Gasteiger partial charge in [0, 0.05) is 11.1 Å². The lowest BCUT2D eigenvalue weighted by molar-refractivity contribution is -0.122. The lowest BCUT2D eigenvalue weighted by Crippen LogP contribution is -2.36. The zero-order chi connectivity index (χ0) is 15.4. The molecule has 1 amide bonds. The third-order valence-corrected chi connectivity index (χ3v) is 4.30. The molecular weight excluding hydrogens is 284 g/mol. The Morgan fingerprint density at radius 3 is 2.48 bits per heavy atom. The molecule has 1 aromatic carbocycles. The van der Waals surface area contributed by atoms with Gasteiger partial charge in [0.15, 0.2) is 0 Å². The van der Waals surface area contributed by atoms with Crippen molar-refractivity contribution in [2.75, 3.05) is 0 Å². The van der Waals surface area contributed by atoms with E-state index in [1.54, 1.807) is 5.38 Å². The van der Waals surface area contributed by atoms with E-state index in [0.717, 1.165) is 22.6 Å². The van der Waals surface area contributed by atoms with Gasteiger partial charge in [0.05, 0.1) is 6.04 Å². The van der Waals surface area contributed by atoms with Gasteiger partial charge in [0.2, 0.25) is 5.91 Å². The molecule has 4 nitrogen and oxygen atoms in total. The van der Waals surface area contributed by atoms with E-state index in [9.17, 15) is 9.59 Å². The van der Waals surface area contributed by atoms with E-state index in [2.05, 4.69) is 19.2 Å². The molecule has 0 saturated heterocycles. The normalized spacial score (nSPS) is 12.4. The average molecular weight is 304 g/mol. The van der Waals surface area contributed by atoms with E-state index in [1.807, 2.05) is 37.3 Å². The molecule has 0 saturated carbocycles. The number of benzene rings is 1. The van der Waals surface area contributed by atoms with Crippen molar-refractivity contribution in [3.05, 3.63) is 56.6 Å². The van der Waals surface area contributed by atoms with Crippen LogP contribution in [0.5, 0.6) is 0 Å². The van der Waals surface area contributed by atoms with Crippen LogP contribution in [-0.4, -0.2) is 10.5 Å². The highest BCUT2D eigenvalue weighted by atomic mass is 32.1. The lowest BCUT2D eigenvalue weighted by Gasteiger charge is -2.23. The summed E-state index contributed by atoms with van der Waals surface area (Å²) < 4.78 is 1.50. The smallest absolute Gasteiger partial charge is 0.307 e. The average Bonchev–Trinajstić information content (AvgIpc) is 2.77. The van der Waals surface area contributed by atoms with Crippen LogP contribution in [0.3, 0.4) is 0 Å². The van der Waals surface area contributed by atoms with Crippen LogP contribution in [0.4, 0.5) is 0 Å². The maximum Gasteiger partial charge on any atom is 0.307 e. The van der Waals surface area contributed by atoms with Crippen LogP contribution >= 0.6 is 11.3 Å². The Labute approximate surface area is 128 Å². The molecular formula is C16H20N2O2S. The number of amides is 1. The predicted molar refractivity (Wildman–Crippen MR) is 85.5 cm³/mol. The number of rotatable bonds is 5. The van der Waals surface area contributed by atoms with Crippen molar-refractivity contribution in [3.63, 3.8) is 0 Å². The van der Waals surface area contributed by atoms with Crippen LogP contribution in [0.2, 0.25) is 0 Å². The highest BCUT2D eigenvalue weighted by molar-refractivity contribution is 7.07. The molecule has 0 aliphatic carbocycles. The fourth-order valence-electron chi connectivity index (χ4n) is 2.25. The topological polar surface area (TPSA) is 51.1 Å². The maximum absolute atomic E-state index is 12.2. The second-order valence-corrected chi connectivity index (χ2v) is 6.25. The van der Waals surface area contributed by atoms with E-state index in [-0.39, 0.29) is 29.3 Å². The molecule has 0 bridgehead atoms. The summed E-state index contributed by atoms with van der Waals surface area (Å²) in [6.07, 6.45) is 0. The molecule has 1 aromatic heterocycles. The fourth-order valence-corrected chi connectivity index (χ4v) is 2.99. The summed E-state index contributed by atoms with van der Waals surface area (Å²) in [5.41, 5.74) is 1.90. The first kappa shape index (κ1) is 15.5. The van der Waals surface area contributed by atoms with Crippen LogP contribution in [-0.2, 0) is 11.3 Å². The first-order valence-electron chi connectivity index (χ1n) is 6.98. The van der Waals surface area contributed by atoms with Crippen molar-refractivity contribution in [2.24, 2.45) is 5.92 Å². The molecule has 1 atom stereocenters. The minimum Gasteiger partial charge on any atom is -0.347 e. The number of aryl methyl sites for hydroxylation is 1. The van der Waals surface area contributed by atoms with E-state index in [0.29, 0.717) is 0 Å². The van der Waals surface area contributed by atoms with E-state index >= 15 is 0 Å². The monoisotopic (exact) mass is 304 g/mol. The summed E-state index contributed by atoms with van der Waals surface area (Å²) in [7, 11) is 0. The Hall–Kier alpha value is -1.88. The molecule has 112 valence electrons. The number of hydrogen-bond donors (Lipinski definition) is 1. The molecule has 0 aliphatic heterocycles. The van der Waals surface area contributed by atoms with Crippen molar-refractivity contribution in [1.29, 1.82) is 0 Å². The number of aromatic nitrogens is 1. The molecule has 5 heteroatoms. The number of nitrogens with zero attached hydrogens (tertiary/aromatic N) is 1. The summed E-state index contributed by atoms with van der Waals surface area (Å²) in [6.45, 7) is 6.05. The summed E-state index contributed by atoms with van der Waals surface area (Å²) in [6, 6.07) is 9.85. The number of hydrogen-bond acceptors (Lipinski definition) is 3. The number of thiazole rings is 1. The van der Waals surface area contributed by atoms with Crippen LogP contribution in [0.15, 0.2) is 40.5 Å². The van der Waals surface area contributed by atoms with Gasteiger partial charge < -0.3 is 5.32 Å². The predicted octanol–water partition coefficient (Wildman–Crippen LogP) is 2.73. The number of carbonyl (C=O) groups excluding carboxylic acids is 1. The molecule has 2 aromatic rings. The van der Waals surface area contributed by atoms with Crippen LogP contribution < -0.4 is 10.2 Å². The Morgan fingerprint density at radius 2 is 1.95 bits per heavy atom. The van der Waals surface area contributed by atoms with E-state index < -0.39 is 0 Å². The van der Waals surface area contributed by atoms with Gasteiger partial charge in [-0.15, -0.1) is 0 Å². The second kappa shape index (κ2) is 6.72. The SMILES string of the molecule is Cc1csc(=O)n1CC(=O)NC(c1ccccc1)C(C)C. The first-order chi connectivity index (χ1) is 9.99. The van der Waals surface area contributed by atoms with Gasteiger partial charge in [0.25, 0.3) is 0 Å². The van der Waals surface area contributed by atoms with Gasteiger partial charge in [-0.3, -0.25) is 14.2 Å². The van der Waals surface area contributed by atoms with Crippen molar-refractivity contribution >= 4 is 17.2 Å². The van der Waals surface area contributed by atoms with Gasteiger partial charge in [-0.1, -0.05) is 55.5 Å². The van der Waals surface area contributed by atoms with Gasteiger partial charge in [-0.2, -0.15) is 0 Å². The van der Waals surface area contributed by atoms with Crippen molar-refractivity contribution in [2.45, 2.75) is 33.4 Å². The highest BCUT2D eigenvalue weighted by Crippen LogP contribution is 2.21. The maximum atomic E-state index is 12.2. The second-order valence-electron chi connectivity index (χ2n) is 5.43. The summed E-state index contributed by atoms with van der Waals surface area (Å²) >= 11 is 1.12. The molecule has 21 heavy (non-hydrogen) atoms. The van der Waals surface area contributed by atoms with Crippen molar-refractivity contribution in [3.8, 4) is 0 Å². The molecule has 1 heterocycles. The molecule has 0 aliphatic rings. The molecule has 2 rings (SSSR count). The summed E-state index contributed by atoms with van der Waals surface area (Å²) in [5.74, 6) is 0.137. The van der Waals surface area contributed by atoms with Crippen LogP contribution in [0.1, 0.15) is 31.1 Å². The summed E-state index contributed by atoms with van der Waals surface area (Å²) in [5, 5.41) is 4.80. The first-order valence-corrected chi connectivity index (χ1v) is 7.86. The minimum atomic E-state index is -0.138. The highest BCUT2D eigenvalue weighted by Gasteiger charge is 2.18. The molecule has 0 radical (unpaired) electrons. The van der Waals surface area contributed by atoms with Gasteiger partial charge >= 0.3 is 4.87 Å². The number of nitrogens with one attached hydrogen (secondary N) is 1. The number of carbonyl (C=O) groups is 1.